The van der Waals surface area contributed by atoms with Gasteiger partial charge in [-0.25, -0.2) is 4.79 Å². The van der Waals surface area contributed by atoms with Crippen molar-refractivity contribution < 1.29 is 45.3 Å². The molecule has 0 saturated heterocycles. The number of azo groups is 1. The molecule has 5 aromatic rings. The zero-order chi connectivity index (χ0) is 42.9. The number of hydrogen-bond acceptors (Lipinski definition) is 18. The molecule has 0 aliphatic carbocycles. The van der Waals surface area contributed by atoms with Gasteiger partial charge in [0.15, 0.2) is 0 Å². The number of nitrogens with two attached hydrogens (primary N) is 3. The molecule has 5 rings (SSSR count). The fourth-order valence-electron chi connectivity index (χ4n) is 4.85. The second-order valence-electron chi connectivity index (χ2n) is 12.2. The summed E-state index contributed by atoms with van der Waals surface area (Å²) < 4.78 is 75.1. The maximum atomic E-state index is 11.6. The molecule has 12 N–H and O–H groups in total. The van der Waals surface area contributed by atoms with Gasteiger partial charge in [-0.2, -0.15) is 36.9 Å². The van der Waals surface area contributed by atoms with Crippen molar-refractivity contribution in [2.24, 2.45) is 10.2 Å². The standard InChI is InChI=1S/C34H35Cl2N11O10S2/c35-22-14-27(29(16-25(22)39)56-9-1-11-58(50,51)52)41-33-43-32(40-19-5-3-18(37)4-6-19)44-34(45-33)42-28-15-23(36)26(17-30(28)57-10-2-12-59(53,54)55)47-46-20-7-8-24(38)21(13-20)31(48)49/h3-8,13-17H,1-2,9-12,37-39H2,(H,48,49)(H,50,51,52)(H,53,54,55)(H3,40,41,42,43,44,45). The Bertz CT molecular complexity index is 2610. The van der Waals surface area contributed by atoms with E-state index in [1.54, 1.807) is 24.3 Å². The number of anilines is 9. The number of ether oxygens (including phenoxy) is 2. The van der Waals surface area contributed by atoms with Crippen LogP contribution in [-0.2, 0) is 20.2 Å². The Morgan fingerprint density at radius 1 is 0.678 bits per heavy atom. The first kappa shape index (κ1) is 43.9. The summed E-state index contributed by atoms with van der Waals surface area (Å²) in [6.45, 7) is -0.332. The van der Waals surface area contributed by atoms with E-state index in [0.717, 1.165) is 0 Å². The second kappa shape index (κ2) is 19.0. The summed E-state index contributed by atoms with van der Waals surface area (Å²) in [6.07, 6.45) is -0.159. The van der Waals surface area contributed by atoms with Crippen LogP contribution in [-0.4, -0.2) is 76.7 Å². The quantitative estimate of drug-likeness (QED) is 0.0183. The van der Waals surface area contributed by atoms with Gasteiger partial charge in [0.2, 0.25) is 17.8 Å². The number of carboxylic acid groups (broad SMARTS) is 1. The number of halogens is 2. The van der Waals surface area contributed by atoms with E-state index in [-0.39, 0.29) is 105 Å². The zero-order valence-corrected chi connectivity index (χ0v) is 33.5. The highest BCUT2D eigenvalue weighted by Gasteiger charge is 2.18. The van der Waals surface area contributed by atoms with Gasteiger partial charge in [0, 0.05) is 29.2 Å². The van der Waals surface area contributed by atoms with Crippen molar-refractivity contribution in [1.29, 1.82) is 0 Å². The molecule has 0 spiro atoms. The van der Waals surface area contributed by atoms with Crippen LogP contribution in [0.15, 0.2) is 77.0 Å². The number of nitrogen functional groups attached to an aromatic ring is 3. The van der Waals surface area contributed by atoms with E-state index in [1.807, 2.05) is 0 Å². The van der Waals surface area contributed by atoms with E-state index < -0.39 is 37.7 Å². The van der Waals surface area contributed by atoms with Crippen molar-refractivity contribution in [3.05, 3.63) is 82.3 Å². The number of nitrogens with one attached hydrogen (secondary N) is 3. The maximum Gasteiger partial charge on any atom is 0.337 e. The summed E-state index contributed by atoms with van der Waals surface area (Å²) in [5.74, 6) is -2.40. The molecule has 312 valence electrons. The monoisotopic (exact) mass is 891 g/mol. The number of rotatable bonds is 19. The SMILES string of the molecule is Nc1ccc(Nc2nc(Nc3cc(Cl)c(N)cc3OCCCS(=O)(=O)O)nc(Nc3cc(Cl)c(N=Nc4ccc(N)c(C(=O)O)c4)cc3OCCCS(=O)(=O)O)n2)cc1. The van der Waals surface area contributed by atoms with E-state index in [0.29, 0.717) is 11.4 Å². The van der Waals surface area contributed by atoms with E-state index in [1.165, 1.54) is 42.5 Å². The molecule has 0 amide bonds. The van der Waals surface area contributed by atoms with Gasteiger partial charge in [0.1, 0.15) is 17.2 Å². The third-order valence-corrected chi connectivity index (χ3v) is 9.83. The summed E-state index contributed by atoms with van der Waals surface area (Å²) in [5.41, 5.74) is 19.2. The average molecular weight is 893 g/mol. The highest BCUT2D eigenvalue weighted by molar-refractivity contribution is 7.86. The minimum atomic E-state index is -4.30. The van der Waals surface area contributed by atoms with E-state index in [2.05, 4.69) is 41.1 Å². The summed E-state index contributed by atoms with van der Waals surface area (Å²) in [5, 5.41) is 26.8. The Labute approximate surface area is 346 Å². The fraction of sp³-hybridized carbons (Fsp3) is 0.176. The van der Waals surface area contributed by atoms with Crippen LogP contribution in [0.4, 0.5) is 63.3 Å². The van der Waals surface area contributed by atoms with Gasteiger partial charge in [-0.1, -0.05) is 23.2 Å². The molecule has 25 heteroatoms. The summed E-state index contributed by atoms with van der Waals surface area (Å²) in [6, 6.07) is 16.3. The van der Waals surface area contributed by atoms with Crippen LogP contribution in [0, 0.1) is 0 Å². The molecule has 4 aromatic carbocycles. The average Bonchev–Trinajstić information content (AvgIpc) is 3.14. The Morgan fingerprint density at radius 2 is 1.20 bits per heavy atom. The number of benzene rings is 4. The Morgan fingerprint density at radius 3 is 1.75 bits per heavy atom. The Hall–Kier alpha value is -6.24. The molecule has 59 heavy (non-hydrogen) atoms. The molecule has 0 saturated carbocycles. The van der Waals surface area contributed by atoms with Crippen LogP contribution >= 0.6 is 23.2 Å². The van der Waals surface area contributed by atoms with Gasteiger partial charge in [-0.3, -0.25) is 9.11 Å². The lowest BCUT2D eigenvalue weighted by molar-refractivity contribution is 0.0698. The summed E-state index contributed by atoms with van der Waals surface area (Å²) in [4.78, 5) is 25.0. The number of aromatic nitrogens is 3. The molecule has 0 aliphatic heterocycles. The maximum absolute atomic E-state index is 11.6. The normalized spacial score (nSPS) is 11.7. The van der Waals surface area contributed by atoms with Crippen molar-refractivity contribution in [2.75, 3.05) is 57.9 Å². The molecular formula is C34H35Cl2N11O10S2. The first-order chi connectivity index (χ1) is 27.8. The molecule has 0 fully saturated rings. The van der Waals surface area contributed by atoms with Crippen LogP contribution in [0.1, 0.15) is 23.2 Å². The highest BCUT2D eigenvalue weighted by Crippen LogP contribution is 2.39. The minimum absolute atomic E-state index is 0.00306. The first-order valence-corrected chi connectivity index (χ1v) is 20.8. The van der Waals surface area contributed by atoms with Crippen LogP contribution in [0.5, 0.6) is 11.5 Å². The lowest BCUT2D eigenvalue weighted by Crippen LogP contribution is -2.11. The van der Waals surface area contributed by atoms with Gasteiger partial charge >= 0.3 is 5.97 Å². The molecule has 1 aromatic heterocycles. The molecular weight excluding hydrogens is 857 g/mol. The Balaban J connectivity index is 1.52. The number of nitrogens with zero attached hydrogens (tertiary/aromatic N) is 5. The smallest absolute Gasteiger partial charge is 0.337 e. The third kappa shape index (κ3) is 13.4. The number of hydrogen-bond donors (Lipinski definition) is 9. The molecule has 21 nitrogen and oxygen atoms in total. The van der Waals surface area contributed by atoms with E-state index >= 15 is 0 Å². The molecule has 0 unspecified atom stereocenters. The highest BCUT2D eigenvalue weighted by atomic mass is 35.5. The van der Waals surface area contributed by atoms with Gasteiger partial charge in [0.05, 0.1) is 63.1 Å². The Kier molecular flexibility index (Phi) is 14.1. The van der Waals surface area contributed by atoms with Crippen molar-refractivity contribution in [3.8, 4) is 11.5 Å². The summed E-state index contributed by atoms with van der Waals surface area (Å²) in [7, 11) is -8.53. The third-order valence-electron chi connectivity index (χ3n) is 7.59. The molecule has 1 heterocycles. The predicted molar refractivity (Wildman–Crippen MR) is 223 cm³/mol. The molecule has 0 atom stereocenters. The number of carboxylic acids is 1. The van der Waals surface area contributed by atoms with Gasteiger partial charge in [-0.15, -0.1) is 5.11 Å². The van der Waals surface area contributed by atoms with Gasteiger partial charge in [-0.05, 0) is 67.4 Å². The lowest BCUT2D eigenvalue weighted by Gasteiger charge is -2.17. The van der Waals surface area contributed by atoms with Crippen LogP contribution in [0.2, 0.25) is 10.0 Å². The van der Waals surface area contributed by atoms with Crippen LogP contribution in [0.3, 0.4) is 0 Å². The minimum Gasteiger partial charge on any atom is -0.491 e. The fourth-order valence-corrected chi connectivity index (χ4v) is 6.18. The second-order valence-corrected chi connectivity index (χ2v) is 16.2. The van der Waals surface area contributed by atoms with Crippen LogP contribution in [0.25, 0.3) is 0 Å². The van der Waals surface area contributed by atoms with Crippen molar-refractivity contribution >= 4 is 113 Å². The van der Waals surface area contributed by atoms with E-state index in [9.17, 15) is 31.3 Å². The summed E-state index contributed by atoms with van der Waals surface area (Å²) >= 11 is 13.0. The van der Waals surface area contributed by atoms with Crippen molar-refractivity contribution in [3.63, 3.8) is 0 Å². The first-order valence-electron chi connectivity index (χ1n) is 16.9. The number of carbonyl (C=O) groups is 1. The molecule has 0 radical (unpaired) electrons. The topological polar surface area (TPSA) is 342 Å². The van der Waals surface area contributed by atoms with Gasteiger partial charge < -0.3 is 47.7 Å². The molecule has 0 bridgehead atoms. The van der Waals surface area contributed by atoms with Crippen LogP contribution < -0.4 is 42.6 Å². The zero-order valence-electron chi connectivity index (χ0n) is 30.3. The predicted octanol–water partition coefficient (Wildman–Crippen LogP) is 6.58. The number of aromatic carboxylic acids is 1. The largest absolute Gasteiger partial charge is 0.491 e. The van der Waals surface area contributed by atoms with Gasteiger partial charge in [0.25, 0.3) is 20.2 Å². The van der Waals surface area contributed by atoms with Crippen molar-refractivity contribution in [1.82, 2.24) is 15.0 Å². The van der Waals surface area contributed by atoms with E-state index in [4.69, 9.17) is 54.4 Å². The van der Waals surface area contributed by atoms with Crippen molar-refractivity contribution in [2.45, 2.75) is 12.8 Å². The molecule has 0 aliphatic rings. The lowest BCUT2D eigenvalue weighted by atomic mass is 10.1.